The molecule has 0 spiro atoms. The molecule has 2 unspecified atom stereocenters. The molecule has 1 amide bonds. The first kappa shape index (κ1) is 15.4. The van der Waals surface area contributed by atoms with Crippen molar-refractivity contribution in [2.24, 2.45) is 17.6 Å². The van der Waals surface area contributed by atoms with Crippen LogP contribution >= 0.6 is 0 Å². The van der Waals surface area contributed by atoms with Crippen LogP contribution in [0.5, 0.6) is 0 Å². The lowest BCUT2D eigenvalue weighted by molar-refractivity contribution is -0.122. The Balaban J connectivity index is 2.22. The third-order valence-electron chi connectivity index (χ3n) is 3.70. The Morgan fingerprint density at radius 3 is 2.78 bits per heavy atom. The highest BCUT2D eigenvalue weighted by molar-refractivity contribution is 5.77. The van der Waals surface area contributed by atoms with Gasteiger partial charge in [0.15, 0.2) is 0 Å². The van der Waals surface area contributed by atoms with Crippen LogP contribution in [0.25, 0.3) is 0 Å². The van der Waals surface area contributed by atoms with Gasteiger partial charge in [-0.05, 0) is 44.6 Å². The smallest absolute Gasteiger partial charge is 0.234 e. The molecule has 1 fully saturated rings. The van der Waals surface area contributed by atoms with Crippen LogP contribution in [0.2, 0.25) is 0 Å². The van der Waals surface area contributed by atoms with Crippen molar-refractivity contribution in [2.75, 3.05) is 26.2 Å². The van der Waals surface area contributed by atoms with E-state index < -0.39 is 0 Å². The summed E-state index contributed by atoms with van der Waals surface area (Å²) in [5.41, 5.74) is 5.95. The molecular formula is C14H29N3O. The topological polar surface area (TPSA) is 58.4 Å². The molecule has 2 atom stereocenters. The van der Waals surface area contributed by atoms with E-state index in [4.69, 9.17) is 5.73 Å². The van der Waals surface area contributed by atoms with E-state index in [1.54, 1.807) is 0 Å². The number of piperidine rings is 1. The van der Waals surface area contributed by atoms with Crippen molar-refractivity contribution in [3.8, 4) is 0 Å². The van der Waals surface area contributed by atoms with E-state index >= 15 is 0 Å². The summed E-state index contributed by atoms with van der Waals surface area (Å²) >= 11 is 0. The van der Waals surface area contributed by atoms with Gasteiger partial charge in [0, 0.05) is 19.1 Å². The maximum atomic E-state index is 11.8. The largest absolute Gasteiger partial charge is 0.355 e. The van der Waals surface area contributed by atoms with Gasteiger partial charge in [-0.25, -0.2) is 0 Å². The van der Waals surface area contributed by atoms with Gasteiger partial charge in [0.2, 0.25) is 5.91 Å². The molecule has 0 aliphatic carbocycles. The third kappa shape index (κ3) is 5.83. The van der Waals surface area contributed by atoms with Crippen molar-refractivity contribution in [1.82, 2.24) is 10.2 Å². The van der Waals surface area contributed by atoms with Crippen molar-refractivity contribution >= 4 is 5.91 Å². The lowest BCUT2D eigenvalue weighted by atomic mass is 9.92. The van der Waals surface area contributed by atoms with Gasteiger partial charge in [-0.2, -0.15) is 0 Å². The summed E-state index contributed by atoms with van der Waals surface area (Å²) in [4.78, 5) is 14.0. The molecule has 0 aromatic carbocycles. The van der Waals surface area contributed by atoms with Crippen LogP contribution in [-0.4, -0.2) is 43.0 Å². The van der Waals surface area contributed by atoms with Gasteiger partial charge in [-0.1, -0.05) is 13.8 Å². The number of nitrogens with zero attached hydrogens (tertiary/aromatic N) is 1. The fourth-order valence-electron chi connectivity index (χ4n) is 2.42. The quantitative estimate of drug-likeness (QED) is 0.750. The summed E-state index contributed by atoms with van der Waals surface area (Å²) in [6.07, 6.45) is 3.41. The first-order valence-corrected chi connectivity index (χ1v) is 7.23. The van der Waals surface area contributed by atoms with E-state index in [-0.39, 0.29) is 11.9 Å². The molecule has 1 rings (SSSR count). The van der Waals surface area contributed by atoms with Gasteiger partial charge in [0.05, 0.1) is 6.54 Å². The average Bonchev–Trinajstić information content (AvgIpc) is 2.28. The number of nitrogens with two attached hydrogens (primary N) is 1. The molecule has 18 heavy (non-hydrogen) atoms. The summed E-state index contributed by atoms with van der Waals surface area (Å²) in [6.45, 7) is 9.73. The molecule has 4 heteroatoms. The SMILES string of the molecule is CC(C)CCNC(=O)CN1CCCC(C(C)N)C1. The maximum absolute atomic E-state index is 11.8. The molecule has 0 radical (unpaired) electrons. The molecule has 1 heterocycles. The van der Waals surface area contributed by atoms with E-state index in [2.05, 4.69) is 31.0 Å². The highest BCUT2D eigenvalue weighted by atomic mass is 16.2. The average molecular weight is 255 g/mol. The number of carbonyl (C=O) groups excluding carboxylic acids is 1. The second-order valence-corrected chi connectivity index (χ2v) is 6.03. The molecule has 4 nitrogen and oxygen atoms in total. The number of nitrogens with one attached hydrogen (secondary N) is 1. The standard InChI is InChI=1S/C14H29N3O/c1-11(2)6-7-16-14(18)10-17-8-4-5-13(9-17)12(3)15/h11-13H,4-10,15H2,1-3H3,(H,16,18). The second kappa shape index (κ2) is 7.74. The Hall–Kier alpha value is -0.610. The Morgan fingerprint density at radius 1 is 1.44 bits per heavy atom. The normalized spacial score (nSPS) is 23.1. The van der Waals surface area contributed by atoms with Crippen LogP contribution < -0.4 is 11.1 Å². The first-order valence-electron chi connectivity index (χ1n) is 7.23. The molecule has 1 saturated heterocycles. The molecule has 0 bridgehead atoms. The minimum absolute atomic E-state index is 0.154. The lowest BCUT2D eigenvalue weighted by Crippen LogP contribution is -2.46. The molecule has 106 valence electrons. The van der Waals surface area contributed by atoms with Crippen LogP contribution in [0, 0.1) is 11.8 Å². The fraction of sp³-hybridized carbons (Fsp3) is 0.929. The Labute approximate surface area is 111 Å². The van der Waals surface area contributed by atoms with E-state index in [0.717, 1.165) is 32.5 Å². The number of hydrogen-bond donors (Lipinski definition) is 2. The zero-order valence-electron chi connectivity index (χ0n) is 12.1. The molecule has 0 aromatic rings. The highest BCUT2D eigenvalue weighted by Crippen LogP contribution is 2.18. The monoisotopic (exact) mass is 255 g/mol. The highest BCUT2D eigenvalue weighted by Gasteiger charge is 2.23. The van der Waals surface area contributed by atoms with E-state index in [1.807, 2.05) is 0 Å². The molecule has 1 aliphatic rings. The fourth-order valence-corrected chi connectivity index (χ4v) is 2.42. The molecule has 0 saturated carbocycles. The van der Waals surface area contributed by atoms with Gasteiger partial charge in [0.25, 0.3) is 0 Å². The predicted octanol–water partition coefficient (Wildman–Crippen LogP) is 1.21. The summed E-state index contributed by atoms with van der Waals surface area (Å²) in [5, 5.41) is 2.99. The van der Waals surface area contributed by atoms with Crippen molar-refractivity contribution in [3.63, 3.8) is 0 Å². The first-order chi connectivity index (χ1) is 8.49. The van der Waals surface area contributed by atoms with Gasteiger partial charge < -0.3 is 11.1 Å². The summed E-state index contributed by atoms with van der Waals surface area (Å²) < 4.78 is 0. The summed E-state index contributed by atoms with van der Waals surface area (Å²) in [5.74, 6) is 1.34. The number of likely N-dealkylation sites (tertiary alicyclic amines) is 1. The van der Waals surface area contributed by atoms with E-state index in [1.165, 1.54) is 6.42 Å². The van der Waals surface area contributed by atoms with Crippen molar-refractivity contribution in [2.45, 2.75) is 46.1 Å². The van der Waals surface area contributed by atoms with Crippen molar-refractivity contribution in [1.29, 1.82) is 0 Å². The minimum Gasteiger partial charge on any atom is -0.355 e. The van der Waals surface area contributed by atoms with Crippen molar-refractivity contribution in [3.05, 3.63) is 0 Å². The lowest BCUT2D eigenvalue weighted by Gasteiger charge is -2.34. The van der Waals surface area contributed by atoms with E-state index in [9.17, 15) is 4.79 Å². The van der Waals surface area contributed by atoms with Crippen LogP contribution in [0.4, 0.5) is 0 Å². The zero-order chi connectivity index (χ0) is 13.5. The van der Waals surface area contributed by atoms with Crippen LogP contribution in [-0.2, 0) is 4.79 Å². The van der Waals surface area contributed by atoms with Gasteiger partial charge >= 0.3 is 0 Å². The second-order valence-electron chi connectivity index (χ2n) is 6.03. The minimum atomic E-state index is 0.154. The molecule has 1 aliphatic heterocycles. The third-order valence-corrected chi connectivity index (χ3v) is 3.70. The van der Waals surface area contributed by atoms with Gasteiger partial charge in [-0.3, -0.25) is 9.69 Å². The Kier molecular flexibility index (Phi) is 6.65. The zero-order valence-corrected chi connectivity index (χ0v) is 12.1. The molecular weight excluding hydrogens is 226 g/mol. The van der Waals surface area contributed by atoms with E-state index in [0.29, 0.717) is 18.4 Å². The number of hydrogen-bond acceptors (Lipinski definition) is 3. The van der Waals surface area contributed by atoms with Crippen LogP contribution in [0.1, 0.15) is 40.0 Å². The number of rotatable bonds is 6. The summed E-state index contributed by atoms with van der Waals surface area (Å²) in [6, 6.07) is 0.233. The van der Waals surface area contributed by atoms with Crippen molar-refractivity contribution < 1.29 is 4.79 Å². The predicted molar refractivity (Wildman–Crippen MR) is 75.3 cm³/mol. The Morgan fingerprint density at radius 2 is 2.17 bits per heavy atom. The maximum Gasteiger partial charge on any atom is 0.234 e. The number of carbonyl (C=O) groups is 1. The summed E-state index contributed by atoms with van der Waals surface area (Å²) in [7, 11) is 0. The van der Waals surface area contributed by atoms with Crippen LogP contribution in [0.3, 0.4) is 0 Å². The molecule has 3 N–H and O–H groups in total. The molecule has 0 aromatic heterocycles. The Bertz CT molecular complexity index is 253. The number of amides is 1. The van der Waals surface area contributed by atoms with Gasteiger partial charge in [0.1, 0.15) is 0 Å². The van der Waals surface area contributed by atoms with Crippen LogP contribution in [0.15, 0.2) is 0 Å². The van der Waals surface area contributed by atoms with Gasteiger partial charge in [-0.15, -0.1) is 0 Å².